The van der Waals surface area contributed by atoms with Gasteiger partial charge in [-0.2, -0.15) is 0 Å². The lowest BCUT2D eigenvalue weighted by atomic mass is 9.68. The summed E-state index contributed by atoms with van der Waals surface area (Å²) in [7, 11) is 3.21. The van der Waals surface area contributed by atoms with Crippen LogP contribution in [0.15, 0.2) is 72.8 Å². The standard InChI is InChI=1S/C27H21ClN2O4/c1-29-19-9-5-3-7-17(19)24(31)22(26(29)33)21(15-11-13-16(28)14-12-15)23-25(32)18-8-4-6-10-20(18)30(2)27(23)34/h3-14,21-23H,1-2H3/t22-,23-/m0/s1. The van der Waals surface area contributed by atoms with Crippen LogP contribution in [0.4, 0.5) is 11.4 Å². The second-order valence-corrected chi connectivity index (χ2v) is 9.03. The number of amides is 2. The third-order valence-corrected chi connectivity index (χ3v) is 7.05. The molecule has 0 saturated heterocycles. The zero-order valence-electron chi connectivity index (χ0n) is 18.6. The number of carbonyl (C=O) groups is 4. The summed E-state index contributed by atoms with van der Waals surface area (Å²) in [6.45, 7) is 0. The number of anilines is 2. The molecule has 0 aromatic heterocycles. The number of hydrogen-bond acceptors (Lipinski definition) is 4. The maximum absolute atomic E-state index is 13.7. The number of halogens is 1. The molecular weight excluding hydrogens is 452 g/mol. The Morgan fingerprint density at radius 1 is 0.647 bits per heavy atom. The molecule has 2 aliphatic heterocycles. The maximum Gasteiger partial charge on any atom is 0.238 e. The number of benzene rings is 3. The number of nitrogens with zero attached hydrogens (tertiary/aromatic N) is 2. The fourth-order valence-corrected chi connectivity index (χ4v) is 5.18. The molecule has 0 unspecified atom stereocenters. The van der Waals surface area contributed by atoms with Crippen LogP contribution in [0.2, 0.25) is 5.02 Å². The Bertz CT molecular complexity index is 1270. The highest BCUT2D eigenvalue weighted by atomic mass is 35.5. The minimum atomic E-state index is -1.24. The molecule has 0 aliphatic carbocycles. The lowest BCUT2D eigenvalue weighted by Crippen LogP contribution is -2.52. The van der Waals surface area contributed by atoms with E-state index in [1.165, 1.54) is 9.80 Å². The van der Waals surface area contributed by atoms with Crippen molar-refractivity contribution in [2.24, 2.45) is 11.8 Å². The first-order chi connectivity index (χ1) is 16.3. The Balaban J connectivity index is 1.71. The first-order valence-corrected chi connectivity index (χ1v) is 11.3. The van der Waals surface area contributed by atoms with Crippen molar-refractivity contribution in [3.63, 3.8) is 0 Å². The fraction of sp³-hybridized carbons (Fsp3) is 0.185. The van der Waals surface area contributed by atoms with Gasteiger partial charge in [0.1, 0.15) is 11.8 Å². The van der Waals surface area contributed by atoms with Gasteiger partial charge >= 0.3 is 0 Å². The van der Waals surface area contributed by atoms with Crippen molar-refractivity contribution in [1.82, 2.24) is 0 Å². The molecule has 0 radical (unpaired) electrons. The highest BCUT2D eigenvalue weighted by Gasteiger charge is 2.52. The Hall–Kier alpha value is -3.77. The van der Waals surface area contributed by atoms with Gasteiger partial charge in [0, 0.05) is 36.2 Å². The SMILES string of the molecule is CN1C(=O)[C@@H](C(c2ccc(Cl)cc2)[C@H]2C(=O)c3ccccc3N(C)C2=O)C(=O)c2ccccc21. The zero-order chi connectivity index (χ0) is 24.1. The van der Waals surface area contributed by atoms with Crippen LogP contribution < -0.4 is 9.80 Å². The molecule has 5 rings (SSSR count). The molecular formula is C27H21ClN2O4. The van der Waals surface area contributed by atoms with Crippen LogP contribution in [0.3, 0.4) is 0 Å². The van der Waals surface area contributed by atoms with Crippen molar-refractivity contribution < 1.29 is 19.2 Å². The molecule has 34 heavy (non-hydrogen) atoms. The highest BCUT2D eigenvalue weighted by molar-refractivity contribution is 6.30. The van der Waals surface area contributed by atoms with Crippen LogP contribution in [-0.2, 0) is 9.59 Å². The van der Waals surface area contributed by atoms with Gasteiger partial charge in [0.15, 0.2) is 11.6 Å². The smallest absolute Gasteiger partial charge is 0.238 e. The summed E-state index contributed by atoms with van der Waals surface area (Å²) >= 11 is 6.10. The van der Waals surface area contributed by atoms with Crippen molar-refractivity contribution in [2.75, 3.05) is 23.9 Å². The molecule has 0 spiro atoms. The monoisotopic (exact) mass is 472 g/mol. The summed E-state index contributed by atoms with van der Waals surface area (Å²) in [4.78, 5) is 57.5. The third-order valence-electron chi connectivity index (χ3n) is 6.79. The van der Waals surface area contributed by atoms with Crippen LogP contribution >= 0.6 is 11.6 Å². The average Bonchev–Trinajstić information content (AvgIpc) is 2.86. The van der Waals surface area contributed by atoms with Crippen LogP contribution in [0, 0.1) is 11.8 Å². The molecule has 6 nitrogen and oxygen atoms in total. The first kappa shape index (κ1) is 22.0. The predicted octanol–water partition coefficient (Wildman–Crippen LogP) is 4.37. The van der Waals surface area contributed by atoms with Gasteiger partial charge in [-0.3, -0.25) is 19.2 Å². The summed E-state index contributed by atoms with van der Waals surface area (Å²) in [5.41, 5.74) is 2.32. The average molecular weight is 473 g/mol. The number of ketones is 2. The molecule has 3 aromatic carbocycles. The third kappa shape index (κ3) is 3.25. The summed E-state index contributed by atoms with van der Waals surface area (Å²) in [5, 5.41) is 0.468. The van der Waals surface area contributed by atoms with E-state index in [1.807, 2.05) is 0 Å². The zero-order valence-corrected chi connectivity index (χ0v) is 19.3. The summed E-state index contributed by atoms with van der Waals surface area (Å²) in [5.74, 6) is -5.18. The largest absolute Gasteiger partial charge is 0.314 e. The van der Waals surface area contributed by atoms with Crippen molar-refractivity contribution in [3.8, 4) is 0 Å². The van der Waals surface area contributed by atoms with E-state index in [2.05, 4.69) is 0 Å². The molecule has 170 valence electrons. The second-order valence-electron chi connectivity index (χ2n) is 8.59. The number of hydrogen-bond donors (Lipinski definition) is 0. The Morgan fingerprint density at radius 3 is 1.50 bits per heavy atom. The van der Waals surface area contributed by atoms with Crippen LogP contribution in [0.25, 0.3) is 0 Å². The molecule has 3 aromatic rings. The van der Waals surface area contributed by atoms with Crippen molar-refractivity contribution in [1.29, 1.82) is 0 Å². The normalized spacial score (nSPS) is 20.0. The van der Waals surface area contributed by atoms with Gasteiger partial charge in [0.25, 0.3) is 0 Å². The summed E-state index contributed by atoms with van der Waals surface area (Å²) in [6, 6.07) is 20.3. The van der Waals surface area contributed by atoms with Gasteiger partial charge < -0.3 is 9.80 Å². The van der Waals surface area contributed by atoms with E-state index in [1.54, 1.807) is 86.9 Å². The molecule has 2 aliphatic rings. The van der Waals surface area contributed by atoms with E-state index in [4.69, 9.17) is 11.6 Å². The topological polar surface area (TPSA) is 74.8 Å². The Labute approximate surface area is 201 Å². The number of Topliss-reactive ketones (excluding diaryl/α,β-unsaturated/α-hetero) is 2. The van der Waals surface area contributed by atoms with E-state index >= 15 is 0 Å². The molecule has 0 N–H and O–H groups in total. The number of para-hydroxylation sites is 2. The molecule has 2 heterocycles. The number of carbonyl (C=O) groups excluding carboxylic acids is 4. The van der Waals surface area contributed by atoms with Crippen molar-refractivity contribution >= 4 is 46.4 Å². The first-order valence-electron chi connectivity index (χ1n) is 10.9. The van der Waals surface area contributed by atoms with Crippen LogP contribution in [0.1, 0.15) is 32.2 Å². The highest BCUT2D eigenvalue weighted by Crippen LogP contribution is 2.45. The fourth-order valence-electron chi connectivity index (χ4n) is 5.06. The van der Waals surface area contributed by atoms with E-state index in [0.717, 1.165) is 0 Å². The molecule has 0 bridgehead atoms. The van der Waals surface area contributed by atoms with E-state index in [-0.39, 0.29) is 0 Å². The Morgan fingerprint density at radius 2 is 1.06 bits per heavy atom. The quantitative estimate of drug-likeness (QED) is 0.530. The van der Waals surface area contributed by atoms with Crippen LogP contribution in [-0.4, -0.2) is 37.5 Å². The molecule has 0 saturated carbocycles. The molecule has 2 atom stereocenters. The van der Waals surface area contributed by atoms with Gasteiger partial charge in [-0.1, -0.05) is 48.0 Å². The minimum Gasteiger partial charge on any atom is -0.314 e. The predicted molar refractivity (Wildman–Crippen MR) is 130 cm³/mol. The molecule has 2 amide bonds. The number of rotatable bonds is 3. The van der Waals surface area contributed by atoms with Gasteiger partial charge in [-0.25, -0.2) is 0 Å². The van der Waals surface area contributed by atoms with E-state index < -0.39 is 41.1 Å². The minimum absolute atomic E-state index is 0.387. The lowest BCUT2D eigenvalue weighted by molar-refractivity contribution is -0.124. The van der Waals surface area contributed by atoms with Gasteiger partial charge in [-0.05, 0) is 42.0 Å². The lowest BCUT2D eigenvalue weighted by Gasteiger charge is -2.40. The van der Waals surface area contributed by atoms with Gasteiger partial charge in [0.2, 0.25) is 11.8 Å². The molecule has 0 fully saturated rings. The number of fused-ring (bicyclic) bond motifs is 2. The van der Waals surface area contributed by atoms with Crippen molar-refractivity contribution in [3.05, 3.63) is 94.5 Å². The van der Waals surface area contributed by atoms with Crippen LogP contribution in [0.5, 0.6) is 0 Å². The van der Waals surface area contributed by atoms with Gasteiger partial charge in [-0.15, -0.1) is 0 Å². The van der Waals surface area contributed by atoms with Crippen molar-refractivity contribution in [2.45, 2.75) is 5.92 Å². The Kier molecular flexibility index (Phi) is 5.33. The second kappa shape index (κ2) is 8.22. The van der Waals surface area contributed by atoms with Gasteiger partial charge in [0.05, 0.1) is 11.4 Å². The summed E-state index contributed by atoms with van der Waals surface area (Å²) < 4.78 is 0. The summed E-state index contributed by atoms with van der Waals surface area (Å²) in [6.07, 6.45) is 0. The van der Waals surface area contributed by atoms with E-state index in [0.29, 0.717) is 33.1 Å². The maximum atomic E-state index is 13.7. The van der Waals surface area contributed by atoms with E-state index in [9.17, 15) is 19.2 Å². The molecule has 7 heteroatoms.